The molecule has 7 nitrogen and oxygen atoms in total. The fraction of sp³-hybridized carbons (Fsp3) is 0.500. The Bertz CT molecular complexity index is 787. The topological polar surface area (TPSA) is 71.4 Å². The third kappa shape index (κ3) is 5.01. The first kappa shape index (κ1) is 19.2. The van der Waals surface area contributed by atoms with E-state index in [4.69, 9.17) is 4.74 Å². The number of ether oxygens (including phenoxy) is 1. The molecule has 2 heterocycles. The fourth-order valence-corrected chi connectivity index (χ4v) is 3.30. The number of benzene rings is 1. The van der Waals surface area contributed by atoms with Crippen LogP contribution in [0.5, 0.6) is 5.75 Å². The molecule has 0 saturated carbocycles. The lowest BCUT2D eigenvalue weighted by atomic mass is 10.2. The van der Waals surface area contributed by atoms with Gasteiger partial charge in [0.05, 0.1) is 37.3 Å². The van der Waals surface area contributed by atoms with E-state index in [0.717, 1.165) is 37.4 Å². The summed E-state index contributed by atoms with van der Waals surface area (Å²) >= 11 is 0. The SMILES string of the molecule is CCCCN1CCn2nc(CNC(=O)Nc3cc(C)ccc3OC)cc2C1. The molecule has 0 fully saturated rings. The molecule has 146 valence electrons. The predicted molar refractivity (Wildman–Crippen MR) is 106 cm³/mol. The molecule has 2 amide bonds. The van der Waals surface area contributed by atoms with Crippen molar-refractivity contribution in [1.82, 2.24) is 20.0 Å². The van der Waals surface area contributed by atoms with Crippen LogP contribution in [0.2, 0.25) is 0 Å². The van der Waals surface area contributed by atoms with E-state index >= 15 is 0 Å². The molecule has 27 heavy (non-hydrogen) atoms. The molecule has 7 heteroatoms. The summed E-state index contributed by atoms with van der Waals surface area (Å²) < 4.78 is 7.35. The smallest absolute Gasteiger partial charge is 0.319 e. The van der Waals surface area contributed by atoms with Crippen molar-refractivity contribution in [2.75, 3.05) is 25.5 Å². The van der Waals surface area contributed by atoms with Gasteiger partial charge in [-0.05, 0) is 43.7 Å². The standard InChI is InChI=1S/C20H29N5O2/c1-4-5-8-24-9-10-25-17(14-24)12-16(23-25)13-21-20(26)22-18-11-15(2)6-7-19(18)27-3/h6-7,11-12H,4-5,8-10,13-14H2,1-3H3,(H2,21,22,26). The number of aromatic nitrogens is 2. The number of carbonyl (C=O) groups excluding carboxylic acids is 1. The third-order valence-corrected chi connectivity index (χ3v) is 4.79. The van der Waals surface area contributed by atoms with Gasteiger partial charge in [0.2, 0.25) is 0 Å². The molecule has 0 saturated heterocycles. The number of methoxy groups -OCH3 is 1. The maximum absolute atomic E-state index is 12.3. The molecule has 1 aromatic heterocycles. The zero-order valence-electron chi connectivity index (χ0n) is 16.4. The summed E-state index contributed by atoms with van der Waals surface area (Å²) in [5.41, 5.74) is 3.81. The van der Waals surface area contributed by atoms with E-state index in [9.17, 15) is 4.79 Å². The number of nitrogens with zero attached hydrogens (tertiary/aromatic N) is 3. The van der Waals surface area contributed by atoms with Crippen molar-refractivity contribution >= 4 is 11.7 Å². The number of urea groups is 1. The van der Waals surface area contributed by atoms with Gasteiger partial charge in [0.25, 0.3) is 0 Å². The van der Waals surface area contributed by atoms with Gasteiger partial charge in [0.15, 0.2) is 0 Å². The minimum absolute atomic E-state index is 0.269. The molecule has 0 radical (unpaired) electrons. The minimum atomic E-state index is -0.269. The van der Waals surface area contributed by atoms with Gasteiger partial charge in [-0.1, -0.05) is 19.4 Å². The number of hydrogen-bond donors (Lipinski definition) is 2. The van der Waals surface area contributed by atoms with Crippen LogP contribution in [0.4, 0.5) is 10.5 Å². The number of rotatable bonds is 7. The summed E-state index contributed by atoms with van der Waals surface area (Å²) in [6, 6.07) is 7.50. The van der Waals surface area contributed by atoms with Crippen molar-refractivity contribution < 1.29 is 9.53 Å². The number of nitrogens with one attached hydrogen (secondary N) is 2. The first-order valence-corrected chi connectivity index (χ1v) is 9.56. The largest absolute Gasteiger partial charge is 0.495 e. The second kappa shape index (κ2) is 8.90. The first-order valence-electron chi connectivity index (χ1n) is 9.56. The summed E-state index contributed by atoms with van der Waals surface area (Å²) in [4.78, 5) is 14.7. The highest BCUT2D eigenvalue weighted by Gasteiger charge is 2.18. The van der Waals surface area contributed by atoms with Gasteiger partial charge < -0.3 is 15.4 Å². The van der Waals surface area contributed by atoms with Gasteiger partial charge in [-0.3, -0.25) is 9.58 Å². The second-order valence-corrected chi connectivity index (χ2v) is 6.99. The second-order valence-electron chi connectivity index (χ2n) is 6.99. The Balaban J connectivity index is 1.54. The molecule has 0 spiro atoms. The number of amides is 2. The third-order valence-electron chi connectivity index (χ3n) is 4.79. The van der Waals surface area contributed by atoms with Gasteiger partial charge in [-0.2, -0.15) is 5.10 Å². The average Bonchev–Trinajstić information content (AvgIpc) is 3.07. The van der Waals surface area contributed by atoms with Crippen LogP contribution in [-0.2, 0) is 19.6 Å². The number of fused-ring (bicyclic) bond motifs is 1. The summed E-state index contributed by atoms with van der Waals surface area (Å²) in [7, 11) is 1.59. The molecule has 2 N–H and O–H groups in total. The highest BCUT2D eigenvalue weighted by molar-refractivity contribution is 5.91. The molecule has 0 unspecified atom stereocenters. The zero-order chi connectivity index (χ0) is 19.2. The summed E-state index contributed by atoms with van der Waals surface area (Å²) in [6.45, 7) is 8.60. The lowest BCUT2D eigenvalue weighted by Crippen LogP contribution is -2.34. The number of anilines is 1. The maximum Gasteiger partial charge on any atom is 0.319 e. The molecule has 2 aromatic rings. The summed E-state index contributed by atoms with van der Waals surface area (Å²) in [5.74, 6) is 0.639. The quantitative estimate of drug-likeness (QED) is 0.784. The van der Waals surface area contributed by atoms with Crippen molar-refractivity contribution in [3.05, 3.63) is 41.2 Å². The van der Waals surface area contributed by atoms with E-state index in [0.29, 0.717) is 18.0 Å². The van der Waals surface area contributed by atoms with E-state index in [1.807, 2.05) is 25.1 Å². The Morgan fingerprint density at radius 1 is 1.30 bits per heavy atom. The van der Waals surface area contributed by atoms with Crippen molar-refractivity contribution in [2.24, 2.45) is 0 Å². The van der Waals surface area contributed by atoms with Gasteiger partial charge in [0.1, 0.15) is 5.75 Å². The van der Waals surface area contributed by atoms with Crippen LogP contribution in [0, 0.1) is 6.92 Å². The van der Waals surface area contributed by atoms with Crippen molar-refractivity contribution in [3.63, 3.8) is 0 Å². The molecule has 1 aliphatic rings. The molecule has 0 bridgehead atoms. The van der Waals surface area contributed by atoms with Gasteiger partial charge in [-0.25, -0.2) is 4.79 Å². The average molecular weight is 371 g/mol. The fourth-order valence-electron chi connectivity index (χ4n) is 3.30. The van der Waals surface area contributed by atoms with Gasteiger partial charge >= 0.3 is 6.03 Å². The van der Waals surface area contributed by atoms with E-state index in [1.165, 1.54) is 18.5 Å². The summed E-state index contributed by atoms with van der Waals surface area (Å²) in [5, 5.41) is 10.3. The Hall–Kier alpha value is -2.54. The van der Waals surface area contributed by atoms with Gasteiger partial charge in [0, 0.05) is 13.1 Å². The highest BCUT2D eigenvalue weighted by atomic mass is 16.5. The van der Waals surface area contributed by atoms with Crippen LogP contribution in [0.15, 0.2) is 24.3 Å². The Morgan fingerprint density at radius 2 is 2.15 bits per heavy atom. The van der Waals surface area contributed by atoms with Crippen molar-refractivity contribution in [3.8, 4) is 5.75 Å². The molecule has 0 aliphatic carbocycles. The van der Waals surface area contributed by atoms with Crippen LogP contribution in [0.25, 0.3) is 0 Å². The number of unbranched alkanes of at least 4 members (excludes halogenated alkanes) is 1. The molecule has 3 rings (SSSR count). The normalized spacial score (nSPS) is 13.9. The Morgan fingerprint density at radius 3 is 2.93 bits per heavy atom. The zero-order valence-corrected chi connectivity index (χ0v) is 16.4. The predicted octanol–water partition coefficient (Wildman–Crippen LogP) is 3.14. The van der Waals surface area contributed by atoms with Crippen LogP contribution in [0.1, 0.15) is 36.7 Å². The minimum Gasteiger partial charge on any atom is -0.495 e. The molecular weight excluding hydrogens is 342 g/mol. The lowest BCUT2D eigenvalue weighted by molar-refractivity contribution is 0.210. The van der Waals surface area contributed by atoms with E-state index in [1.54, 1.807) is 7.11 Å². The van der Waals surface area contributed by atoms with E-state index < -0.39 is 0 Å². The number of hydrogen-bond acceptors (Lipinski definition) is 4. The summed E-state index contributed by atoms with van der Waals surface area (Å²) in [6.07, 6.45) is 2.44. The molecule has 1 aromatic carbocycles. The molecule has 1 aliphatic heterocycles. The first-order chi connectivity index (χ1) is 13.1. The van der Waals surface area contributed by atoms with E-state index in [2.05, 4.69) is 38.3 Å². The number of carbonyl (C=O) groups is 1. The Labute approximate surface area is 160 Å². The molecule has 0 atom stereocenters. The molecular formula is C20H29N5O2. The highest BCUT2D eigenvalue weighted by Crippen LogP contribution is 2.25. The van der Waals surface area contributed by atoms with Crippen molar-refractivity contribution in [2.45, 2.75) is 46.3 Å². The lowest BCUT2D eigenvalue weighted by Gasteiger charge is -2.27. The van der Waals surface area contributed by atoms with Crippen molar-refractivity contribution in [1.29, 1.82) is 0 Å². The Kier molecular flexibility index (Phi) is 6.34. The monoisotopic (exact) mass is 371 g/mol. The van der Waals surface area contributed by atoms with Crippen LogP contribution < -0.4 is 15.4 Å². The van der Waals surface area contributed by atoms with Crippen LogP contribution in [-0.4, -0.2) is 40.9 Å². The van der Waals surface area contributed by atoms with Crippen LogP contribution in [0.3, 0.4) is 0 Å². The maximum atomic E-state index is 12.3. The van der Waals surface area contributed by atoms with E-state index in [-0.39, 0.29) is 6.03 Å². The van der Waals surface area contributed by atoms with Crippen LogP contribution >= 0.6 is 0 Å². The van der Waals surface area contributed by atoms with Gasteiger partial charge in [-0.15, -0.1) is 0 Å². The number of aryl methyl sites for hydroxylation is 1.